The first-order valence-corrected chi connectivity index (χ1v) is 6.75. The topological polar surface area (TPSA) is 32.3 Å². The Balaban J connectivity index is 1.95. The third-order valence-electron chi connectivity index (χ3n) is 3.69. The molecule has 0 atom stereocenters. The number of aliphatic hydroxyl groups is 1. The minimum absolute atomic E-state index is 0.553. The standard InChI is InChI=1S/C16H21NO/c1-2-14-8-7-9-15(12-14)17-13-16(18)10-5-3-4-6-11-16/h1,7-9,12,17-18H,3-6,10-11,13H2. The van der Waals surface area contributed by atoms with Crippen LogP contribution in [0.3, 0.4) is 0 Å². The van der Waals surface area contributed by atoms with E-state index in [0.717, 1.165) is 36.9 Å². The van der Waals surface area contributed by atoms with Crippen LogP contribution in [0.15, 0.2) is 24.3 Å². The Morgan fingerprint density at radius 1 is 1.22 bits per heavy atom. The van der Waals surface area contributed by atoms with Crippen molar-refractivity contribution in [2.24, 2.45) is 0 Å². The molecule has 0 heterocycles. The normalized spacial score (nSPS) is 18.7. The van der Waals surface area contributed by atoms with Crippen molar-refractivity contribution in [2.75, 3.05) is 11.9 Å². The van der Waals surface area contributed by atoms with Crippen molar-refractivity contribution in [1.29, 1.82) is 0 Å². The maximum Gasteiger partial charge on any atom is 0.0819 e. The summed E-state index contributed by atoms with van der Waals surface area (Å²) >= 11 is 0. The van der Waals surface area contributed by atoms with Gasteiger partial charge in [0.15, 0.2) is 0 Å². The molecule has 2 nitrogen and oxygen atoms in total. The number of hydrogen-bond acceptors (Lipinski definition) is 2. The van der Waals surface area contributed by atoms with Gasteiger partial charge >= 0.3 is 0 Å². The van der Waals surface area contributed by atoms with E-state index in [-0.39, 0.29) is 0 Å². The predicted octanol–water partition coefficient (Wildman–Crippen LogP) is 3.17. The second-order valence-corrected chi connectivity index (χ2v) is 5.22. The van der Waals surface area contributed by atoms with Crippen LogP contribution in [0.4, 0.5) is 5.69 Å². The van der Waals surface area contributed by atoms with Gasteiger partial charge in [0.1, 0.15) is 0 Å². The predicted molar refractivity (Wildman–Crippen MR) is 75.5 cm³/mol. The van der Waals surface area contributed by atoms with Crippen LogP contribution in [0.25, 0.3) is 0 Å². The molecule has 18 heavy (non-hydrogen) atoms. The quantitative estimate of drug-likeness (QED) is 0.631. The van der Waals surface area contributed by atoms with Gasteiger partial charge < -0.3 is 10.4 Å². The summed E-state index contributed by atoms with van der Waals surface area (Å²) in [6, 6.07) is 7.78. The zero-order valence-electron chi connectivity index (χ0n) is 10.8. The van der Waals surface area contributed by atoms with Crippen LogP contribution < -0.4 is 5.32 Å². The summed E-state index contributed by atoms with van der Waals surface area (Å²) in [5.74, 6) is 2.62. The molecule has 1 aliphatic carbocycles. The van der Waals surface area contributed by atoms with Crippen molar-refractivity contribution in [3.8, 4) is 12.3 Å². The molecule has 96 valence electrons. The Morgan fingerprint density at radius 3 is 2.61 bits per heavy atom. The van der Waals surface area contributed by atoms with E-state index in [1.807, 2.05) is 24.3 Å². The Hall–Kier alpha value is -1.46. The molecule has 1 aromatic rings. The van der Waals surface area contributed by atoms with Gasteiger partial charge in [-0.3, -0.25) is 0 Å². The lowest BCUT2D eigenvalue weighted by Gasteiger charge is -2.27. The van der Waals surface area contributed by atoms with Crippen molar-refractivity contribution >= 4 is 5.69 Å². The van der Waals surface area contributed by atoms with Crippen LogP contribution in [0, 0.1) is 12.3 Å². The van der Waals surface area contributed by atoms with Crippen LogP contribution >= 0.6 is 0 Å². The highest BCUT2D eigenvalue weighted by Gasteiger charge is 2.27. The molecule has 0 radical (unpaired) electrons. The van der Waals surface area contributed by atoms with Crippen LogP contribution in [0.2, 0.25) is 0 Å². The number of benzene rings is 1. The maximum atomic E-state index is 10.5. The summed E-state index contributed by atoms with van der Waals surface area (Å²) in [7, 11) is 0. The van der Waals surface area contributed by atoms with Gasteiger partial charge in [-0.15, -0.1) is 6.42 Å². The first-order valence-electron chi connectivity index (χ1n) is 6.75. The van der Waals surface area contributed by atoms with Crippen LogP contribution in [0.5, 0.6) is 0 Å². The molecular formula is C16H21NO. The number of nitrogens with one attached hydrogen (secondary N) is 1. The lowest BCUT2D eigenvalue weighted by Crippen LogP contribution is -2.36. The van der Waals surface area contributed by atoms with E-state index in [9.17, 15) is 5.11 Å². The van der Waals surface area contributed by atoms with E-state index in [2.05, 4.69) is 11.2 Å². The Morgan fingerprint density at radius 2 is 1.94 bits per heavy atom. The van der Waals surface area contributed by atoms with E-state index >= 15 is 0 Å². The largest absolute Gasteiger partial charge is 0.388 e. The summed E-state index contributed by atoms with van der Waals surface area (Å²) in [6.45, 7) is 0.612. The molecule has 2 rings (SSSR count). The second kappa shape index (κ2) is 5.93. The van der Waals surface area contributed by atoms with Crippen molar-refractivity contribution in [3.05, 3.63) is 29.8 Å². The van der Waals surface area contributed by atoms with Gasteiger partial charge in [-0.1, -0.05) is 37.7 Å². The van der Waals surface area contributed by atoms with Gasteiger partial charge in [-0.2, -0.15) is 0 Å². The van der Waals surface area contributed by atoms with Gasteiger partial charge in [0.25, 0.3) is 0 Å². The van der Waals surface area contributed by atoms with E-state index < -0.39 is 5.60 Å². The highest BCUT2D eigenvalue weighted by atomic mass is 16.3. The average molecular weight is 243 g/mol. The Kier molecular flexibility index (Phi) is 4.28. The molecule has 1 aromatic carbocycles. The zero-order chi connectivity index (χ0) is 12.8. The second-order valence-electron chi connectivity index (χ2n) is 5.22. The summed E-state index contributed by atoms with van der Waals surface area (Å²) in [4.78, 5) is 0. The molecule has 1 saturated carbocycles. The lowest BCUT2D eigenvalue weighted by atomic mass is 9.94. The van der Waals surface area contributed by atoms with Gasteiger partial charge in [0.2, 0.25) is 0 Å². The summed E-state index contributed by atoms with van der Waals surface area (Å²) in [5, 5.41) is 13.8. The van der Waals surface area contributed by atoms with Gasteiger partial charge in [0.05, 0.1) is 5.60 Å². The molecule has 0 saturated heterocycles. The van der Waals surface area contributed by atoms with Crippen LogP contribution in [-0.2, 0) is 0 Å². The molecule has 2 heteroatoms. The Bertz CT molecular complexity index is 425. The smallest absolute Gasteiger partial charge is 0.0819 e. The SMILES string of the molecule is C#Cc1cccc(NCC2(O)CCCCCC2)c1. The fourth-order valence-corrected chi connectivity index (χ4v) is 2.55. The lowest BCUT2D eigenvalue weighted by molar-refractivity contribution is 0.0381. The minimum atomic E-state index is -0.553. The molecule has 0 amide bonds. The minimum Gasteiger partial charge on any atom is -0.388 e. The van der Waals surface area contributed by atoms with E-state index in [1.54, 1.807) is 0 Å². The van der Waals surface area contributed by atoms with Gasteiger partial charge in [-0.25, -0.2) is 0 Å². The Labute approximate surface area is 109 Å². The molecule has 0 spiro atoms. The fraction of sp³-hybridized carbons (Fsp3) is 0.500. The molecule has 0 aromatic heterocycles. The number of terminal acetylenes is 1. The summed E-state index contributed by atoms with van der Waals surface area (Å²) in [5.41, 5.74) is 1.30. The number of hydrogen-bond donors (Lipinski definition) is 2. The van der Waals surface area contributed by atoms with Crippen molar-refractivity contribution < 1.29 is 5.11 Å². The van der Waals surface area contributed by atoms with E-state index in [0.29, 0.717) is 6.54 Å². The summed E-state index contributed by atoms with van der Waals surface area (Å²) in [6.07, 6.45) is 11.9. The molecule has 1 aliphatic rings. The summed E-state index contributed by atoms with van der Waals surface area (Å²) < 4.78 is 0. The fourth-order valence-electron chi connectivity index (χ4n) is 2.55. The maximum absolute atomic E-state index is 10.5. The highest BCUT2D eigenvalue weighted by Crippen LogP contribution is 2.27. The first-order chi connectivity index (χ1) is 8.72. The number of rotatable bonds is 3. The van der Waals surface area contributed by atoms with Crippen molar-refractivity contribution in [2.45, 2.75) is 44.1 Å². The van der Waals surface area contributed by atoms with Gasteiger partial charge in [0, 0.05) is 17.8 Å². The van der Waals surface area contributed by atoms with E-state index in [1.165, 1.54) is 12.8 Å². The zero-order valence-corrected chi connectivity index (χ0v) is 10.8. The molecule has 0 unspecified atom stereocenters. The van der Waals surface area contributed by atoms with Gasteiger partial charge in [-0.05, 0) is 31.0 Å². The van der Waals surface area contributed by atoms with Crippen LogP contribution in [-0.4, -0.2) is 17.3 Å². The third kappa shape index (κ3) is 3.51. The van der Waals surface area contributed by atoms with Crippen molar-refractivity contribution in [3.63, 3.8) is 0 Å². The highest BCUT2D eigenvalue weighted by molar-refractivity contribution is 5.50. The number of anilines is 1. The third-order valence-corrected chi connectivity index (χ3v) is 3.69. The molecule has 0 aliphatic heterocycles. The monoisotopic (exact) mass is 243 g/mol. The van der Waals surface area contributed by atoms with Crippen LogP contribution in [0.1, 0.15) is 44.1 Å². The average Bonchev–Trinajstić information content (AvgIpc) is 2.62. The molecule has 1 fully saturated rings. The molecule has 0 bridgehead atoms. The molecule has 2 N–H and O–H groups in total. The van der Waals surface area contributed by atoms with Crippen molar-refractivity contribution in [1.82, 2.24) is 0 Å². The first kappa shape index (κ1) is 13.0. The molecular weight excluding hydrogens is 222 g/mol. The van der Waals surface area contributed by atoms with E-state index in [4.69, 9.17) is 6.42 Å².